The van der Waals surface area contributed by atoms with Crippen molar-refractivity contribution in [2.75, 3.05) is 68.4 Å². The Kier molecular flexibility index (Phi) is 34.3. The van der Waals surface area contributed by atoms with Gasteiger partial charge in [-0.1, -0.05) is 109 Å². The van der Waals surface area contributed by atoms with Crippen LogP contribution in [-0.4, -0.2) is 239 Å². The molecule has 1 heterocycles. The van der Waals surface area contributed by atoms with E-state index < -0.39 is 155 Å². The summed E-state index contributed by atoms with van der Waals surface area (Å²) >= 11 is 6.20. The molecule has 1 saturated heterocycles. The number of carbonyl (C=O) groups excluding carboxylic acids is 11. The molecule has 12 atom stereocenters. The van der Waals surface area contributed by atoms with E-state index in [1.807, 2.05) is 55.4 Å². The highest BCUT2D eigenvalue weighted by atomic mass is 35.5. The van der Waals surface area contributed by atoms with E-state index in [0.29, 0.717) is 0 Å². The predicted octanol–water partition coefficient (Wildman–Crippen LogP) is 4.24. The van der Waals surface area contributed by atoms with Crippen molar-refractivity contribution in [1.82, 2.24) is 55.6 Å². The van der Waals surface area contributed by atoms with Crippen molar-refractivity contribution >= 4 is 76.6 Å². The van der Waals surface area contributed by atoms with Gasteiger partial charge in [0.05, 0.1) is 19.3 Å². The summed E-state index contributed by atoms with van der Waals surface area (Å²) < 4.78 is 6.59. The van der Waals surface area contributed by atoms with Crippen LogP contribution in [0.1, 0.15) is 163 Å². The van der Waals surface area contributed by atoms with Crippen LogP contribution in [0.4, 0.5) is 0 Å². The molecule has 1 aliphatic heterocycles. The smallest absolute Gasteiger partial charge is 0.276 e. The Balaban J connectivity index is 4.53. The number of alkyl halides is 1. The molecule has 516 valence electrons. The minimum Gasteiger partial charge on any atom is -0.390 e. The summed E-state index contributed by atoms with van der Waals surface area (Å²) in [7, 11) is 9.73. The van der Waals surface area contributed by atoms with Crippen molar-refractivity contribution in [3.8, 4) is 0 Å². The maximum absolute atomic E-state index is 15.9. The van der Waals surface area contributed by atoms with Gasteiger partial charge in [0.25, 0.3) is 5.91 Å². The highest BCUT2D eigenvalue weighted by Crippen LogP contribution is 2.33. The van der Waals surface area contributed by atoms with E-state index in [1.165, 1.54) is 82.8 Å². The lowest BCUT2D eigenvalue weighted by molar-refractivity contribution is -0.208. The largest absolute Gasteiger partial charge is 0.390 e. The minimum absolute atomic E-state index is 0.0160. The third-order valence-electron chi connectivity index (χ3n) is 16.9. The van der Waals surface area contributed by atoms with Gasteiger partial charge in [0.2, 0.25) is 64.8 Å². The number of nitrogens with zero attached hydrogens (tertiary/aromatic N) is 7. The van der Waals surface area contributed by atoms with Gasteiger partial charge >= 0.3 is 0 Å². The quantitative estimate of drug-likeness (QED) is 0.0688. The zero-order chi connectivity index (χ0) is 69.7. The van der Waals surface area contributed by atoms with Crippen molar-refractivity contribution < 1.29 is 62.6 Å². The molecule has 0 radical (unpaired) electrons. The Morgan fingerprint density at radius 1 is 0.567 bits per heavy atom. The summed E-state index contributed by atoms with van der Waals surface area (Å²) in [6.07, 6.45) is 2.90. The lowest BCUT2D eigenvalue weighted by Crippen LogP contribution is -2.70. The van der Waals surface area contributed by atoms with Crippen molar-refractivity contribution in [1.29, 1.82) is 0 Å². The Morgan fingerprint density at radius 3 is 1.49 bits per heavy atom. The van der Waals surface area contributed by atoms with Crippen LogP contribution in [0.15, 0.2) is 12.2 Å². The van der Waals surface area contributed by atoms with E-state index in [9.17, 15) is 38.7 Å². The molecule has 0 aromatic carbocycles. The summed E-state index contributed by atoms with van der Waals surface area (Å²) in [5.41, 5.74) is -2.25. The highest BCUT2D eigenvalue weighted by molar-refractivity contribution is 6.17. The first-order chi connectivity index (χ1) is 41.6. The number of carbonyl (C=O) groups is 11. The molecular formula is C65H116ClN11O13. The Bertz CT molecular complexity index is 2460. The molecule has 24 nitrogen and oxygen atoms in total. The van der Waals surface area contributed by atoms with Crippen LogP contribution in [0.3, 0.4) is 0 Å². The number of amides is 11. The number of ether oxygens (including phenoxy) is 1. The topological polar surface area (TPSA) is 288 Å². The highest BCUT2D eigenvalue weighted by Gasteiger charge is 2.55. The average molecular weight is 1300 g/mol. The Hall–Kier alpha value is -5.88. The second-order valence-electron chi connectivity index (χ2n) is 27.1. The van der Waals surface area contributed by atoms with Crippen LogP contribution in [-0.2, 0) is 57.5 Å². The third-order valence-corrected chi connectivity index (χ3v) is 17.2. The number of halogens is 1. The zero-order valence-corrected chi connectivity index (χ0v) is 59.7. The van der Waals surface area contributed by atoms with Crippen molar-refractivity contribution in [3.05, 3.63) is 12.2 Å². The number of rotatable bonds is 19. The number of allylic oxidation sites excluding steroid dienone is 2. The van der Waals surface area contributed by atoms with Crippen molar-refractivity contribution in [2.24, 2.45) is 41.4 Å². The number of aliphatic hydroxyl groups excluding tert-OH is 1. The van der Waals surface area contributed by atoms with Gasteiger partial charge in [-0.25, -0.2) is 0 Å². The van der Waals surface area contributed by atoms with Crippen LogP contribution in [0.5, 0.6) is 0 Å². The Labute approximate surface area is 543 Å². The van der Waals surface area contributed by atoms with E-state index in [2.05, 4.69) is 21.3 Å². The number of hydrogen-bond donors (Lipinski definition) is 5. The van der Waals surface area contributed by atoms with Crippen molar-refractivity contribution in [3.63, 3.8) is 0 Å². The normalized spacial score (nSPS) is 26.9. The molecule has 0 unspecified atom stereocenters. The Morgan fingerprint density at radius 2 is 1.02 bits per heavy atom. The van der Waals surface area contributed by atoms with Gasteiger partial charge in [-0.15, -0.1) is 11.6 Å². The lowest BCUT2D eigenvalue weighted by atomic mass is 9.89. The first-order valence-corrected chi connectivity index (χ1v) is 32.7. The molecule has 0 aliphatic carbocycles. The van der Waals surface area contributed by atoms with E-state index in [-0.39, 0.29) is 81.1 Å². The van der Waals surface area contributed by atoms with Crippen LogP contribution in [0.2, 0.25) is 0 Å². The number of aliphatic hydroxyl groups is 1. The van der Waals surface area contributed by atoms with E-state index in [4.69, 9.17) is 16.3 Å². The summed E-state index contributed by atoms with van der Waals surface area (Å²) in [5.74, 6) is -10.7. The van der Waals surface area contributed by atoms with Gasteiger partial charge in [0.1, 0.15) is 54.4 Å². The number of likely N-dealkylation sites (N-methyl/N-ethyl adjacent to an activating group) is 7. The van der Waals surface area contributed by atoms with Gasteiger partial charge in [-0.2, -0.15) is 0 Å². The first-order valence-electron chi connectivity index (χ1n) is 32.2. The SMILES string of the molecule is C/C=C/C[C@@H](C)[C@@H](O)[C@H]1C(=O)N[C@@H](CC)C(=O)N(C)CC(=O)N(C)[C@@H](CC(C)C)C(=O)N[C@@H](C(C)C)C(=O)N(C)[C@@H](CC(C)C)C(=O)N[C@@H](C)C(=O)N[C@H](C)C(=O)N(C)[C@@H](CC(C)C)C(=O)N(C)[C@@H](CC(C)C)C(=O)N(C)[C@](OCCCCl)(C(C)C)C(=O)N1C. The third kappa shape index (κ3) is 22.2. The monoisotopic (exact) mass is 1290 g/mol. The standard InChI is InChI=1S/C65H116ClN11O13/c1-25-27-29-43(15)54(79)53-58(83)69-46(26-2)60(85)71(18)36-51(78)72(19)47(32-37(3)4)57(82)70-52(41(11)12)63(88)73(20)48(33-38(5)6)56(81)67-44(16)55(80)68-45(17)59(84)74(21)49(34-39(7)8)61(86)75(22)50(35-40(9)10)62(87)77(24)65(42(13)14,64(89)76(53)23)90-31-28-30-66/h25,27,37-50,52-54,79H,26,28-36H2,1-24H3,(H,67,81)(H,68,80)(H,69,83)(H,70,82)/b27-25+/t43-,44+,45-,46+,47+,48+,49+,50+,52+,53+,54-,65+/m1/s1. The molecular weight excluding hydrogens is 1180 g/mol. The van der Waals surface area contributed by atoms with E-state index in [1.54, 1.807) is 60.6 Å². The maximum Gasteiger partial charge on any atom is 0.276 e. The van der Waals surface area contributed by atoms with E-state index in [0.717, 1.165) is 14.7 Å². The molecule has 5 N–H and O–H groups in total. The van der Waals surface area contributed by atoms with Crippen LogP contribution in [0.25, 0.3) is 0 Å². The van der Waals surface area contributed by atoms with Crippen molar-refractivity contribution in [2.45, 2.75) is 229 Å². The number of nitrogens with one attached hydrogen (secondary N) is 4. The van der Waals surface area contributed by atoms with Crippen LogP contribution >= 0.6 is 11.6 Å². The lowest BCUT2D eigenvalue weighted by Gasteiger charge is -2.48. The minimum atomic E-state index is -2.25. The molecule has 0 aromatic rings. The summed E-state index contributed by atoms with van der Waals surface area (Å²) in [6.45, 7) is 28.8. The summed E-state index contributed by atoms with van der Waals surface area (Å²) in [4.78, 5) is 171. The van der Waals surface area contributed by atoms with Gasteiger partial charge in [-0.05, 0) is 101 Å². The summed E-state index contributed by atoms with van der Waals surface area (Å²) in [6, 6.07) is -11.5. The number of hydrogen-bond acceptors (Lipinski definition) is 13. The molecule has 1 aliphatic rings. The van der Waals surface area contributed by atoms with Gasteiger partial charge in [0.15, 0.2) is 0 Å². The first kappa shape index (κ1) is 82.1. The second kappa shape index (κ2) is 37.6. The zero-order valence-electron chi connectivity index (χ0n) is 58.9. The molecule has 1 rings (SSSR count). The van der Waals surface area contributed by atoms with Crippen LogP contribution in [0, 0.1) is 41.4 Å². The predicted molar refractivity (Wildman–Crippen MR) is 349 cm³/mol. The second-order valence-corrected chi connectivity index (χ2v) is 27.4. The maximum atomic E-state index is 15.9. The van der Waals surface area contributed by atoms with E-state index >= 15 is 19.2 Å². The molecule has 1 fully saturated rings. The van der Waals surface area contributed by atoms with Gasteiger partial charge in [-0.3, -0.25) is 52.7 Å². The van der Waals surface area contributed by atoms with Crippen LogP contribution < -0.4 is 21.3 Å². The van der Waals surface area contributed by atoms with Gasteiger partial charge in [0, 0.05) is 61.1 Å². The molecule has 0 aromatic heterocycles. The fourth-order valence-corrected chi connectivity index (χ4v) is 11.3. The summed E-state index contributed by atoms with van der Waals surface area (Å²) in [5, 5.41) is 23.3. The molecule has 0 bridgehead atoms. The molecule has 25 heteroatoms. The average Bonchev–Trinajstić information content (AvgIpc) is 0.960. The van der Waals surface area contributed by atoms with Gasteiger partial charge < -0.3 is 65.4 Å². The molecule has 0 spiro atoms. The molecule has 0 saturated carbocycles. The molecule has 11 amide bonds. The fourth-order valence-electron chi connectivity index (χ4n) is 11.2. The fraction of sp³-hybridized carbons (Fsp3) is 0.800. The molecule has 90 heavy (non-hydrogen) atoms.